The van der Waals surface area contributed by atoms with Crippen LogP contribution in [0.15, 0.2) is 30.5 Å². The van der Waals surface area contributed by atoms with Gasteiger partial charge >= 0.3 is 0 Å². The van der Waals surface area contributed by atoms with Crippen molar-refractivity contribution in [2.24, 2.45) is 0 Å². The van der Waals surface area contributed by atoms with Gasteiger partial charge < -0.3 is 10.3 Å². The van der Waals surface area contributed by atoms with Gasteiger partial charge in [-0.05, 0) is 24.3 Å². The number of nitrogens with one attached hydrogen (secondary N) is 2. The van der Waals surface area contributed by atoms with Gasteiger partial charge in [0.2, 0.25) is 5.13 Å². The van der Waals surface area contributed by atoms with E-state index in [1.807, 2.05) is 13.2 Å². The fraction of sp³-hybridized carbons (Fsp3) is 0.0909. The molecule has 0 saturated carbocycles. The van der Waals surface area contributed by atoms with Gasteiger partial charge in [-0.25, -0.2) is 0 Å². The summed E-state index contributed by atoms with van der Waals surface area (Å²) in [6, 6.07) is 8.29. The minimum Gasteiger partial charge on any atom is -0.363 e. The van der Waals surface area contributed by atoms with Crippen molar-refractivity contribution < 1.29 is 0 Å². The third-order valence-electron chi connectivity index (χ3n) is 2.44. The maximum atomic E-state index is 4.14. The van der Waals surface area contributed by atoms with Crippen LogP contribution in [0.3, 0.4) is 0 Å². The number of aromatic amines is 1. The Balaban J connectivity index is 2.10. The number of aromatic nitrogens is 3. The molecule has 5 heteroatoms. The highest BCUT2D eigenvalue weighted by atomic mass is 32.1. The molecule has 4 nitrogen and oxygen atoms in total. The molecule has 0 amide bonds. The Kier molecular flexibility index (Phi) is 2.11. The van der Waals surface area contributed by atoms with Crippen molar-refractivity contribution in [1.29, 1.82) is 0 Å². The van der Waals surface area contributed by atoms with Gasteiger partial charge in [0.1, 0.15) is 5.01 Å². The Morgan fingerprint density at radius 3 is 3.00 bits per heavy atom. The number of nitrogens with zero attached hydrogens (tertiary/aromatic N) is 2. The predicted octanol–water partition coefficient (Wildman–Crippen LogP) is 2.73. The molecule has 0 atom stereocenters. The lowest BCUT2D eigenvalue weighted by Crippen LogP contribution is -1.84. The highest BCUT2D eigenvalue weighted by Crippen LogP contribution is 2.28. The second-order valence-electron chi connectivity index (χ2n) is 3.44. The molecule has 16 heavy (non-hydrogen) atoms. The van der Waals surface area contributed by atoms with Crippen LogP contribution < -0.4 is 5.32 Å². The van der Waals surface area contributed by atoms with E-state index in [0.717, 1.165) is 21.2 Å². The zero-order valence-corrected chi connectivity index (χ0v) is 9.51. The lowest BCUT2D eigenvalue weighted by molar-refractivity contribution is 1.09. The van der Waals surface area contributed by atoms with Crippen LogP contribution in [0.25, 0.3) is 21.5 Å². The number of H-pyrrole nitrogens is 1. The molecule has 0 saturated heterocycles. The van der Waals surface area contributed by atoms with Crippen LogP contribution in [0.4, 0.5) is 5.13 Å². The predicted molar refractivity (Wildman–Crippen MR) is 66.7 cm³/mol. The van der Waals surface area contributed by atoms with Gasteiger partial charge in [0.15, 0.2) is 0 Å². The van der Waals surface area contributed by atoms with Crippen molar-refractivity contribution in [3.8, 4) is 10.6 Å². The third-order valence-corrected chi connectivity index (χ3v) is 3.43. The molecule has 0 radical (unpaired) electrons. The Bertz CT molecular complexity index is 625. The van der Waals surface area contributed by atoms with E-state index in [9.17, 15) is 0 Å². The van der Waals surface area contributed by atoms with Crippen LogP contribution in [0.5, 0.6) is 0 Å². The van der Waals surface area contributed by atoms with Gasteiger partial charge in [-0.3, -0.25) is 0 Å². The number of benzene rings is 1. The van der Waals surface area contributed by atoms with Crippen molar-refractivity contribution >= 4 is 27.4 Å². The molecule has 2 heterocycles. The maximum Gasteiger partial charge on any atom is 0.205 e. The highest BCUT2D eigenvalue weighted by Gasteiger charge is 2.06. The average Bonchev–Trinajstić information content (AvgIpc) is 2.96. The zero-order chi connectivity index (χ0) is 11.0. The second kappa shape index (κ2) is 3.61. The maximum absolute atomic E-state index is 4.14. The number of anilines is 1. The minimum atomic E-state index is 0.837. The lowest BCUT2D eigenvalue weighted by atomic mass is 10.2. The summed E-state index contributed by atoms with van der Waals surface area (Å²) in [5.74, 6) is 0. The normalized spacial score (nSPS) is 10.8. The van der Waals surface area contributed by atoms with Crippen LogP contribution in [-0.2, 0) is 0 Å². The molecule has 0 aliphatic heterocycles. The van der Waals surface area contributed by atoms with Crippen LogP contribution in [0.1, 0.15) is 0 Å². The summed E-state index contributed by atoms with van der Waals surface area (Å²) in [6.07, 6.45) is 1.94. The third kappa shape index (κ3) is 1.45. The van der Waals surface area contributed by atoms with Crippen molar-refractivity contribution in [1.82, 2.24) is 15.2 Å². The van der Waals surface area contributed by atoms with E-state index in [1.54, 1.807) is 11.3 Å². The zero-order valence-electron chi connectivity index (χ0n) is 8.69. The van der Waals surface area contributed by atoms with E-state index < -0.39 is 0 Å². The van der Waals surface area contributed by atoms with Crippen molar-refractivity contribution in [2.45, 2.75) is 0 Å². The smallest absolute Gasteiger partial charge is 0.205 e. The van der Waals surface area contributed by atoms with Gasteiger partial charge in [-0.15, -0.1) is 10.2 Å². The standard InChI is InChI=1S/C11H10N4S/c1-12-11-15-14-10(16-11)8-2-3-9-7(6-8)4-5-13-9/h2-6,13H,1H3,(H,12,15). The summed E-state index contributed by atoms with van der Waals surface area (Å²) in [5.41, 5.74) is 2.24. The second-order valence-corrected chi connectivity index (χ2v) is 4.42. The Labute approximate surface area is 96.3 Å². The summed E-state index contributed by atoms with van der Waals surface area (Å²) in [5, 5.41) is 14.1. The molecule has 3 aromatic rings. The largest absolute Gasteiger partial charge is 0.363 e. The molecule has 80 valence electrons. The van der Waals surface area contributed by atoms with E-state index in [0.29, 0.717) is 0 Å². The molecule has 0 unspecified atom stereocenters. The Morgan fingerprint density at radius 2 is 2.19 bits per heavy atom. The summed E-state index contributed by atoms with van der Waals surface area (Å²) in [4.78, 5) is 3.17. The first-order valence-corrected chi connectivity index (χ1v) is 5.77. The van der Waals surface area contributed by atoms with Gasteiger partial charge in [0, 0.05) is 29.7 Å². The van der Waals surface area contributed by atoms with Gasteiger partial charge in [-0.2, -0.15) is 0 Å². The van der Waals surface area contributed by atoms with E-state index in [1.165, 1.54) is 5.39 Å². The van der Waals surface area contributed by atoms with Crippen LogP contribution >= 0.6 is 11.3 Å². The van der Waals surface area contributed by atoms with Crippen molar-refractivity contribution in [3.05, 3.63) is 30.5 Å². The van der Waals surface area contributed by atoms with E-state index in [4.69, 9.17) is 0 Å². The molecule has 2 N–H and O–H groups in total. The quantitative estimate of drug-likeness (QED) is 0.711. The number of hydrogen-bond acceptors (Lipinski definition) is 4. The molecule has 0 bridgehead atoms. The molecule has 0 spiro atoms. The average molecular weight is 230 g/mol. The number of fused-ring (bicyclic) bond motifs is 1. The van der Waals surface area contributed by atoms with Crippen LogP contribution in [0.2, 0.25) is 0 Å². The summed E-state index contributed by atoms with van der Waals surface area (Å²) in [7, 11) is 1.85. The first-order valence-electron chi connectivity index (χ1n) is 4.95. The lowest BCUT2D eigenvalue weighted by Gasteiger charge is -1.95. The van der Waals surface area contributed by atoms with Crippen LogP contribution in [-0.4, -0.2) is 22.2 Å². The number of hydrogen-bond donors (Lipinski definition) is 2. The van der Waals surface area contributed by atoms with Crippen molar-refractivity contribution in [3.63, 3.8) is 0 Å². The Morgan fingerprint density at radius 1 is 1.25 bits per heavy atom. The molecular formula is C11H10N4S. The first-order chi connectivity index (χ1) is 7.86. The van der Waals surface area contributed by atoms with Crippen LogP contribution in [0, 0.1) is 0 Å². The van der Waals surface area contributed by atoms with E-state index in [2.05, 4.69) is 44.8 Å². The SMILES string of the molecule is CNc1nnc(-c2ccc3[nH]ccc3c2)s1. The fourth-order valence-corrected chi connectivity index (χ4v) is 2.32. The molecular weight excluding hydrogens is 220 g/mol. The Hall–Kier alpha value is -1.88. The summed E-state index contributed by atoms with van der Waals surface area (Å²) in [6.45, 7) is 0. The summed E-state index contributed by atoms with van der Waals surface area (Å²) >= 11 is 1.55. The highest BCUT2D eigenvalue weighted by molar-refractivity contribution is 7.18. The molecule has 3 rings (SSSR count). The van der Waals surface area contributed by atoms with E-state index >= 15 is 0 Å². The summed E-state index contributed by atoms with van der Waals surface area (Å²) < 4.78 is 0. The monoisotopic (exact) mass is 230 g/mol. The molecule has 2 aromatic heterocycles. The van der Waals surface area contributed by atoms with Gasteiger partial charge in [0.05, 0.1) is 0 Å². The molecule has 0 fully saturated rings. The minimum absolute atomic E-state index is 0.837. The molecule has 0 aliphatic rings. The molecule has 0 aliphatic carbocycles. The topological polar surface area (TPSA) is 53.6 Å². The number of rotatable bonds is 2. The van der Waals surface area contributed by atoms with Gasteiger partial charge in [-0.1, -0.05) is 11.3 Å². The first kappa shape index (κ1) is 9.35. The fourth-order valence-electron chi connectivity index (χ4n) is 1.63. The van der Waals surface area contributed by atoms with Gasteiger partial charge in [0.25, 0.3) is 0 Å². The molecule has 1 aromatic carbocycles. The van der Waals surface area contributed by atoms with Crippen molar-refractivity contribution in [2.75, 3.05) is 12.4 Å². The van der Waals surface area contributed by atoms with E-state index in [-0.39, 0.29) is 0 Å².